The van der Waals surface area contributed by atoms with Crippen LogP contribution in [0.5, 0.6) is 0 Å². The Morgan fingerprint density at radius 3 is 0.773 bits per heavy atom. The Hall–Kier alpha value is -0.610. The number of aliphatic carboxylic acids is 1. The van der Waals surface area contributed by atoms with Crippen LogP contribution in [-0.4, -0.2) is 33.5 Å². The third kappa shape index (κ3) is 60.3. The minimum absolute atomic E-state index is 0.0813. The molecule has 88 heavy (non-hydrogen) atoms. The molecule has 0 bridgehead atoms. The quantitative estimate of drug-likeness (QED) is 0.0530. The standard InChI is InChI=1S/C84H166O4/c1-5-7-9-11-13-15-17-19-21-23-24-25-26-30-37-43-49-55-61-67-73-80(84(87)88)83(86)75-69-63-57-51-45-39-31-27-29-36-42-48-54-60-66-72-79-76-81(79)77(3)70-64-58-52-46-40-34-32-33-38-44-50-56-62-68-74-82(85)78(4)71-65-59-53-47-41-35-28-22-20-18-16-14-12-10-8-6-2/h77-83,85-86H,5-76H2,1-4H3,(H,87,88)/t77?,78-,79?,80+,81?,82-,83+/m0/s1. The van der Waals surface area contributed by atoms with Gasteiger partial charge >= 0.3 is 5.97 Å². The van der Waals surface area contributed by atoms with E-state index in [1.807, 2.05) is 0 Å². The van der Waals surface area contributed by atoms with Gasteiger partial charge in [-0.05, 0) is 55.8 Å². The highest BCUT2D eigenvalue weighted by Crippen LogP contribution is 2.49. The van der Waals surface area contributed by atoms with Crippen molar-refractivity contribution in [2.75, 3.05) is 0 Å². The van der Waals surface area contributed by atoms with E-state index in [1.54, 1.807) is 0 Å². The number of aliphatic hydroxyl groups excluding tert-OH is 2. The maximum atomic E-state index is 12.0. The van der Waals surface area contributed by atoms with Crippen LogP contribution in [0.25, 0.3) is 0 Å². The largest absolute Gasteiger partial charge is 0.481 e. The normalized spacial score (nSPS) is 15.9. The molecule has 0 saturated heterocycles. The van der Waals surface area contributed by atoms with E-state index < -0.39 is 18.0 Å². The molecule has 0 amide bonds. The van der Waals surface area contributed by atoms with Crippen LogP contribution in [0.1, 0.15) is 490 Å². The molecule has 1 aliphatic rings. The fourth-order valence-corrected chi connectivity index (χ4v) is 15.3. The summed E-state index contributed by atoms with van der Waals surface area (Å²) in [6.45, 7) is 9.46. The van der Waals surface area contributed by atoms with Crippen LogP contribution >= 0.6 is 0 Å². The summed E-state index contributed by atoms with van der Waals surface area (Å²) in [5, 5.41) is 31.3. The Bertz CT molecular complexity index is 1330. The number of carboxylic acids is 1. The van der Waals surface area contributed by atoms with Gasteiger partial charge in [0.2, 0.25) is 0 Å². The van der Waals surface area contributed by atoms with E-state index in [0.29, 0.717) is 18.8 Å². The summed E-state index contributed by atoms with van der Waals surface area (Å²) in [4.78, 5) is 12.0. The minimum Gasteiger partial charge on any atom is -0.481 e. The molecule has 3 N–H and O–H groups in total. The fourth-order valence-electron chi connectivity index (χ4n) is 15.3. The molecule has 0 heterocycles. The molecule has 526 valence electrons. The van der Waals surface area contributed by atoms with Crippen molar-refractivity contribution in [2.24, 2.45) is 29.6 Å². The number of carbonyl (C=O) groups is 1. The molecule has 0 aromatic carbocycles. The lowest BCUT2D eigenvalue weighted by atomic mass is 9.91. The van der Waals surface area contributed by atoms with Gasteiger partial charge in [-0.15, -0.1) is 0 Å². The summed E-state index contributed by atoms with van der Waals surface area (Å²) in [5.74, 6) is 2.16. The summed E-state index contributed by atoms with van der Waals surface area (Å²) >= 11 is 0. The first-order chi connectivity index (χ1) is 43.3. The van der Waals surface area contributed by atoms with Gasteiger partial charge in [0.05, 0.1) is 18.1 Å². The minimum atomic E-state index is -0.800. The van der Waals surface area contributed by atoms with Crippen LogP contribution in [-0.2, 0) is 4.79 Å². The first-order valence-corrected chi connectivity index (χ1v) is 41.9. The summed E-state index contributed by atoms with van der Waals surface area (Å²) in [5.41, 5.74) is 0. The van der Waals surface area contributed by atoms with Gasteiger partial charge in [-0.25, -0.2) is 0 Å². The van der Waals surface area contributed by atoms with Gasteiger partial charge in [-0.1, -0.05) is 458 Å². The molecule has 0 radical (unpaired) electrons. The molecular weight excluding hydrogens is 1070 g/mol. The lowest BCUT2D eigenvalue weighted by Gasteiger charge is -2.19. The smallest absolute Gasteiger partial charge is 0.309 e. The summed E-state index contributed by atoms with van der Waals surface area (Å²) in [6, 6.07) is 0. The Kier molecular flexibility index (Phi) is 67.2. The van der Waals surface area contributed by atoms with Gasteiger partial charge in [-0.3, -0.25) is 4.79 Å². The molecule has 0 aromatic rings. The number of rotatable bonds is 77. The number of hydrogen-bond acceptors (Lipinski definition) is 3. The highest BCUT2D eigenvalue weighted by Gasteiger charge is 2.39. The van der Waals surface area contributed by atoms with Gasteiger partial charge < -0.3 is 15.3 Å². The van der Waals surface area contributed by atoms with E-state index in [4.69, 9.17) is 0 Å². The SMILES string of the molecule is CCCCCCCCCCCCCCCCCCCCCC[C@@H](C(=O)O)[C@H](O)CCCCCCCCCCCCCCCCCC1CC1C(C)CCCCCCCCCCCCCCCC[C@H](O)[C@@H](C)CCCCCCCCCCCCCCCCCC. The first-order valence-electron chi connectivity index (χ1n) is 41.9. The van der Waals surface area contributed by atoms with Crippen molar-refractivity contribution in [3.63, 3.8) is 0 Å². The lowest BCUT2D eigenvalue weighted by molar-refractivity contribution is -0.146. The van der Waals surface area contributed by atoms with Crippen LogP contribution < -0.4 is 0 Å². The van der Waals surface area contributed by atoms with E-state index in [1.165, 1.54) is 417 Å². The third-order valence-corrected chi connectivity index (χ3v) is 22.0. The zero-order chi connectivity index (χ0) is 63.5. The maximum absolute atomic E-state index is 12.0. The number of unbranched alkanes of at least 4 members (excludes halogenated alkanes) is 61. The zero-order valence-corrected chi connectivity index (χ0v) is 61.2. The van der Waals surface area contributed by atoms with Crippen molar-refractivity contribution in [1.82, 2.24) is 0 Å². The molecule has 7 atom stereocenters. The Balaban J connectivity index is 1.77. The Morgan fingerprint density at radius 1 is 0.284 bits per heavy atom. The van der Waals surface area contributed by atoms with Crippen molar-refractivity contribution in [3.8, 4) is 0 Å². The molecule has 1 aliphatic carbocycles. The topological polar surface area (TPSA) is 77.8 Å². The van der Waals surface area contributed by atoms with Gasteiger partial charge in [-0.2, -0.15) is 0 Å². The van der Waals surface area contributed by atoms with E-state index >= 15 is 0 Å². The molecule has 3 unspecified atom stereocenters. The second-order valence-electron chi connectivity index (χ2n) is 30.7. The molecule has 0 aromatic heterocycles. The van der Waals surface area contributed by atoms with Crippen LogP contribution in [0.15, 0.2) is 0 Å². The van der Waals surface area contributed by atoms with Gasteiger partial charge in [0.25, 0.3) is 0 Å². The van der Waals surface area contributed by atoms with Crippen LogP contribution in [0.4, 0.5) is 0 Å². The Labute approximate surface area is 555 Å². The highest BCUT2D eigenvalue weighted by molar-refractivity contribution is 5.70. The van der Waals surface area contributed by atoms with Crippen molar-refractivity contribution < 1.29 is 20.1 Å². The van der Waals surface area contributed by atoms with E-state index in [0.717, 1.165) is 49.9 Å². The van der Waals surface area contributed by atoms with Crippen LogP contribution in [0.3, 0.4) is 0 Å². The highest BCUT2D eigenvalue weighted by atomic mass is 16.4. The molecule has 1 fully saturated rings. The van der Waals surface area contributed by atoms with Crippen LogP contribution in [0, 0.1) is 29.6 Å². The number of carboxylic acid groups (broad SMARTS) is 1. The first kappa shape index (κ1) is 85.4. The molecule has 0 aliphatic heterocycles. The summed E-state index contributed by atoms with van der Waals surface area (Å²) < 4.78 is 0. The monoisotopic (exact) mass is 1240 g/mol. The Morgan fingerprint density at radius 2 is 0.500 bits per heavy atom. The molecule has 0 spiro atoms. The predicted molar refractivity (Wildman–Crippen MR) is 392 cm³/mol. The molecule has 1 saturated carbocycles. The predicted octanol–water partition coefficient (Wildman–Crippen LogP) is 29.1. The van der Waals surface area contributed by atoms with E-state index in [-0.39, 0.29) is 6.10 Å². The van der Waals surface area contributed by atoms with Gasteiger partial charge in [0.1, 0.15) is 0 Å². The van der Waals surface area contributed by atoms with Crippen molar-refractivity contribution in [1.29, 1.82) is 0 Å². The van der Waals surface area contributed by atoms with Crippen LogP contribution in [0.2, 0.25) is 0 Å². The number of hydrogen-bond donors (Lipinski definition) is 3. The number of aliphatic hydroxyl groups is 2. The van der Waals surface area contributed by atoms with Gasteiger partial charge in [0.15, 0.2) is 0 Å². The zero-order valence-electron chi connectivity index (χ0n) is 61.2. The third-order valence-electron chi connectivity index (χ3n) is 22.0. The van der Waals surface area contributed by atoms with Gasteiger partial charge in [0, 0.05) is 0 Å². The second-order valence-corrected chi connectivity index (χ2v) is 30.7. The molecule has 4 nitrogen and oxygen atoms in total. The maximum Gasteiger partial charge on any atom is 0.309 e. The van der Waals surface area contributed by atoms with Crippen molar-refractivity contribution in [3.05, 3.63) is 0 Å². The second kappa shape index (κ2) is 69.2. The fraction of sp³-hybridized carbons (Fsp3) is 0.988. The molecular formula is C84H166O4. The van der Waals surface area contributed by atoms with E-state index in [2.05, 4.69) is 27.7 Å². The average Bonchev–Trinajstić information content (AvgIpc) is 4.47. The average molecular weight is 1240 g/mol. The molecule has 4 heteroatoms. The van der Waals surface area contributed by atoms with E-state index in [9.17, 15) is 20.1 Å². The summed E-state index contributed by atoms with van der Waals surface area (Å²) in [6.07, 6.45) is 97.1. The lowest BCUT2D eigenvalue weighted by Crippen LogP contribution is -2.28. The summed E-state index contributed by atoms with van der Waals surface area (Å²) in [7, 11) is 0. The van der Waals surface area contributed by atoms with Crippen molar-refractivity contribution in [2.45, 2.75) is 502 Å². The molecule has 1 rings (SSSR count). The van der Waals surface area contributed by atoms with Crippen molar-refractivity contribution >= 4 is 5.97 Å².